The fourth-order valence-electron chi connectivity index (χ4n) is 1.99. The second kappa shape index (κ2) is 7.01. The highest BCUT2D eigenvalue weighted by Gasteiger charge is 2.16. The summed E-state index contributed by atoms with van der Waals surface area (Å²) in [5, 5.41) is 3.47. The van der Waals surface area contributed by atoms with Crippen LogP contribution in [0.3, 0.4) is 0 Å². The first-order valence-electron chi connectivity index (χ1n) is 6.66. The molecule has 2 aromatic heterocycles. The highest BCUT2D eigenvalue weighted by molar-refractivity contribution is 7.99. The third kappa shape index (κ3) is 3.83. The molecule has 0 aliphatic carbocycles. The first-order valence-corrected chi connectivity index (χ1v) is 8.35. The number of carbonyl (C=O) groups is 1. The van der Waals surface area contributed by atoms with Crippen LogP contribution < -0.4 is 5.32 Å². The minimum absolute atomic E-state index is 0.0179. The average molecular weight is 351 g/mol. The molecule has 0 fully saturated rings. The van der Waals surface area contributed by atoms with E-state index in [1.54, 1.807) is 6.07 Å². The van der Waals surface area contributed by atoms with Gasteiger partial charge in [-0.25, -0.2) is 9.97 Å². The standard InChI is InChI=1S/C15H11F2N3OS2/c16-15(17)23-14-9(4-3-7-18-14)13(21)19-8-12-20-10-5-1-2-6-11(10)22-12/h1-7,15H,8H2,(H,19,21). The summed E-state index contributed by atoms with van der Waals surface area (Å²) >= 11 is 1.74. The van der Waals surface area contributed by atoms with Crippen LogP contribution in [0.15, 0.2) is 47.6 Å². The maximum atomic E-state index is 12.5. The van der Waals surface area contributed by atoms with E-state index in [9.17, 15) is 13.6 Å². The van der Waals surface area contributed by atoms with Crippen LogP contribution in [-0.2, 0) is 6.54 Å². The largest absolute Gasteiger partial charge is 0.345 e. The normalized spacial score (nSPS) is 11.1. The van der Waals surface area contributed by atoms with E-state index in [-0.39, 0.29) is 28.9 Å². The van der Waals surface area contributed by atoms with Crippen molar-refractivity contribution in [1.82, 2.24) is 15.3 Å². The second-order valence-corrected chi connectivity index (χ2v) is 6.59. The molecule has 118 valence electrons. The highest BCUT2D eigenvalue weighted by Crippen LogP contribution is 2.26. The van der Waals surface area contributed by atoms with Crippen LogP contribution in [0.5, 0.6) is 0 Å². The van der Waals surface area contributed by atoms with Gasteiger partial charge in [-0.15, -0.1) is 11.3 Å². The Bertz CT molecular complexity index is 805. The van der Waals surface area contributed by atoms with Crippen LogP contribution in [0, 0.1) is 0 Å². The van der Waals surface area contributed by atoms with Gasteiger partial charge in [-0.05, 0) is 36.0 Å². The Morgan fingerprint density at radius 1 is 1.26 bits per heavy atom. The van der Waals surface area contributed by atoms with E-state index in [1.807, 2.05) is 24.3 Å². The molecule has 2 heterocycles. The highest BCUT2D eigenvalue weighted by atomic mass is 32.2. The molecule has 0 atom stereocenters. The van der Waals surface area contributed by atoms with Crippen molar-refractivity contribution < 1.29 is 13.6 Å². The molecule has 0 radical (unpaired) electrons. The van der Waals surface area contributed by atoms with Crippen LogP contribution in [0.4, 0.5) is 8.78 Å². The molecule has 0 aliphatic rings. The summed E-state index contributed by atoms with van der Waals surface area (Å²) in [4.78, 5) is 20.5. The SMILES string of the molecule is O=C(NCc1nc2ccccc2s1)c1cccnc1SC(F)F. The molecule has 0 saturated carbocycles. The number of thiazole rings is 1. The van der Waals surface area contributed by atoms with E-state index < -0.39 is 11.7 Å². The number of fused-ring (bicyclic) bond motifs is 1. The Kier molecular flexibility index (Phi) is 4.82. The third-order valence-electron chi connectivity index (χ3n) is 2.95. The number of nitrogens with zero attached hydrogens (tertiary/aromatic N) is 2. The number of thioether (sulfide) groups is 1. The van der Waals surface area contributed by atoms with Crippen molar-refractivity contribution in [3.8, 4) is 0 Å². The number of nitrogens with one attached hydrogen (secondary N) is 1. The van der Waals surface area contributed by atoms with Gasteiger partial charge in [0.2, 0.25) is 0 Å². The molecule has 0 unspecified atom stereocenters. The quantitative estimate of drug-likeness (QED) is 0.708. The number of halogens is 2. The number of para-hydroxylation sites is 1. The molecular weight excluding hydrogens is 340 g/mol. The predicted molar refractivity (Wildman–Crippen MR) is 86.9 cm³/mol. The summed E-state index contributed by atoms with van der Waals surface area (Å²) in [6, 6.07) is 10.7. The minimum atomic E-state index is -2.62. The molecule has 23 heavy (non-hydrogen) atoms. The summed E-state index contributed by atoms with van der Waals surface area (Å²) in [6.07, 6.45) is 1.38. The fraction of sp³-hybridized carbons (Fsp3) is 0.133. The molecule has 1 amide bonds. The maximum Gasteiger partial charge on any atom is 0.290 e. The van der Waals surface area contributed by atoms with Crippen molar-refractivity contribution in [2.45, 2.75) is 17.3 Å². The van der Waals surface area contributed by atoms with Crippen LogP contribution >= 0.6 is 23.1 Å². The molecule has 3 rings (SSSR count). The number of amides is 1. The van der Waals surface area contributed by atoms with Crippen molar-refractivity contribution in [2.75, 3.05) is 0 Å². The van der Waals surface area contributed by atoms with Gasteiger partial charge >= 0.3 is 0 Å². The number of carbonyl (C=O) groups excluding carboxylic acids is 1. The van der Waals surface area contributed by atoms with Gasteiger partial charge in [-0.3, -0.25) is 4.79 Å². The first-order chi connectivity index (χ1) is 11.1. The number of aromatic nitrogens is 2. The lowest BCUT2D eigenvalue weighted by Gasteiger charge is -2.07. The van der Waals surface area contributed by atoms with Crippen LogP contribution in [-0.4, -0.2) is 21.6 Å². The summed E-state index contributed by atoms with van der Waals surface area (Å²) in [5.74, 6) is -3.07. The molecule has 4 nitrogen and oxygen atoms in total. The Morgan fingerprint density at radius 3 is 2.87 bits per heavy atom. The number of hydrogen-bond acceptors (Lipinski definition) is 5. The van der Waals surface area contributed by atoms with Crippen molar-refractivity contribution >= 4 is 39.2 Å². The zero-order chi connectivity index (χ0) is 16.2. The lowest BCUT2D eigenvalue weighted by atomic mass is 10.2. The van der Waals surface area contributed by atoms with Gasteiger partial charge < -0.3 is 5.32 Å². The first kappa shape index (κ1) is 15.8. The van der Waals surface area contributed by atoms with E-state index in [2.05, 4.69) is 15.3 Å². The number of hydrogen-bond donors (Lipinski definition) is 1. The molecule has 1 aromatic carbocycles. The topological polar surface area (TPSA) is 54.9 Å². The zero-order valence-electron chi connectivity index (χ0n) is 11.7. The van der Waals surface area contributed by atoms with Crippen molar-refractivity contribution in [2.24, 2.45) is 0 Å². The van der Waals surface area contributed by atoms with E-state index in [1.165, 1.54) is 23.6 Å². The number of benzene rings is 1. The Hall–Kier alpha value is -2.06. The smallest absolute Gasteiger partial charge is 0.290 e. The second-order valence-electron chi connectivity index (χ2n) is 4.49. The van der Waals surface area contributed by atoms with Gasteiger partial charge in [0.25, 0.3) is 11.7 Å². The van der Waals surface area contributed by atoms with Crippen molar-refractivity contribution in [1.29, 1.82) is 0 Å². The number of rotatable bonds is 5. The molecule has 1 N–H and O–H groups in total. The molecule has 0 spiro atoms. The van der Waals surface area contributed by atoms with Gasteiger partial charge in [0.05, 0.1) is 22.3 Å². The summed E-state index contributed by atoms with van der Waals surface area (Å²) in [6.45, 7) is 0.242. The summed E-state index contributed by atoms with van der Waals surface area (Å²) in [5.41, 5.74) is 1.01. The molecule has 3 aromatic rings. The zero-order valence-corrected chi connectivity index (χ0v) is 13.3. The Labute approximate surface area is 139 Å². The Morgan fingerprint density at radius 2 is 2.09 bits per heavy atom. The van der Waals surface area contributed by atoms with Crippen LogP contribution in [0.1, 0.15) is 15.4 Å². The lowest BCUT2D eigenvalue weighted by molar-refractivity contribution is 0.0947. The van der Waals surface area contributed by atoms with Crippen molar-refractivity contribution in [3.63, 3.8) is 0 Å². The monoisotopic (exact) mass is 351 g/mol. The van der Waals surface area contributed by atoms with Gasteiger partial charge in [0.1, 0.15) is 10.0 Å². The molecule has 8 heteroatoms. The number of alkyl halides is 2. The van der Waals surface area contributed by atoms with Crippen LogP contribution in [0.2, 0.25) is 0 Å². The Balaban J connectivity index is 1.72. The van der Waals surface area contributed by atoms with Gasteiger partial charge in [0, 0.05) is 6.20 Å². The lowest BCUT2D eigenvalue weighted by Crippen LogP contribution is -2.23. The third-order valence-corrected chi connectivity index (χ3v) is 4.72. The molecule has 0 bridgehead atoms. The van der Waals surface area contributed by atoms with Crippen LogP contribution in [0.25, 0.3) is 10.2 Å². The predicted octanol–water partition coefficient (Wildman–Crippen LogP) is 3.94. The summed E-state index contributed by atoms with van der Waals surface area (Å²) in [7, 11) is 0. The minimum Gasteiger partial charge on any atom is -0.345 e. The van der Waals surface area contributed by atoms with Gasteiger partial charge in [0.15, 0.2) is 0 Å². The average Bonchev–Trinajstić information content (AvgIpc) is 2.95. The van der Waals surface area contributed by atoms with E-state index in [4.69, 9.17) is 0 Å². The van der Waals surface area contributed by atoms with Gasteiger partial charge in [-0.2, -0.15) is 8.78 Å². The maximum absolute atomic E-state index is 12.5. The number of pyridine rings is 1. The molecular formula is C15H11F2N3OS2. The van der Waals surface area contributed by atoms with Gasteiger partial charge in [-0.1, -0.05) is 12.1 Å². The summed E-state index contributed by atoms with van der Waals surface area (Å²) < 4.78 is 26.1. The molecule has 0 aliphatic heterocycles. The fourth-order valence-corrected chi connectivity index (χ4v) is 3.47. The van der Waals surface area contributed by atoms with E-state index in [0.29, 0.717) is 0 Å². The van der Waals surface area contributed by atoms with E-state index in [0.717, 1.165) is 15.2 Å². The molecule has 0 saturated heterocycles. The van der Waals surface area contributed by atoms with Crippen molar-refractivity contribution in [3.05, 3.63) is 53.2 Å². The van der Waals surface area contributed by atoms with E-state index >= 15 is 0 Å².